The number of rotatable bonds is 7. The summed E-state index contributed by atoms with van der Waals surface area (Å²) in [6, 6.07) is 2.45. The number of aliphatic carboxylic acids is 1. The molecule has 1 aromatic rings. The van der Waals surface area contributed by atoms with Gasteiger partial charge in [0, 0.05) is 12.8 Å². The largest absolute Gasteiger partial charge is 0.504 e. The normalized spacial score (nSPS) is 17.6. The molecule has 9 nitrogen and oxygen atoms in total. The van der Waals surface area contributed by atoms with Gasteiger partial charge in [0.15, 0.2) is 11.5 Å². The number of carbonyl (C=O) groups excluding carboxylic acids is 2. The molecule has 1 heterocycles. The number of hydrogen-bond acceptors (Lipinski definition) is 7. The molecule has 0 bridgehead atoms. The molecule has 0 saturated carbocycles. The number of phenols is 2. The van der Waals surface area contributed by atoms with Crippen molar-refractivity contribution in [3.05, 3.63) is 23.8 Å². The van der Waals surface area contributed by atoms with Crippen LogP contribution in [0.2, 0.25) is 0 Å². The van der Waals surface area contributed by atoms with E-state index in [1.54, 1.807) is 6.92 Å². The first-order chi connectivity index (χ1) is 11.3. The highest BCUT2D eigenvalue weighted by atomic mass is 16.8. The van der Waals surface area contributed by atoms with Crippen LogP contribution in [0.25, 0.3) is 0 Å². The van der Waals surface area contributed by atoms with E-state index in [0.717, 1.165) is 4.90 Å². The van der Waals surface area contributed by atoms with Gasteiger partial charge >= 0.3 is 24.4 Å². The smallest absolute Gasteiger partial charge is 0.420 e. The van der Waals surface area contributed by atoms with Crippen molar-refractivity contribution in [3.63, 3.8) is 0 Å². The molecular formula is C15H17NO8. The zero-order chi connectivity index (χ0) is 17.9. The van der Waals surface area contributed by atoms with Gasteiger partial charge in [-0.1, -0.05) is 13.0 Å². The fourth-order valence-electron chi connectivity index (χ4n) is 2.20. The quantitative estimate of drug-likeness (QED) is 0.498. The van der Waals surface area contributed by atoms with E-state index in [0.29, 0.717) is 12.0 Å². The second-order valence-corrected chi connectivity index (χ2v) is 5.22. The van der Waals surface area contributed by atoms with Crippen LogP contribution in [-0.2, 0) is 25.5 Å². The Hall–Kier alpha value is -2.97. The van der Waals surface area contributed by atoms with Crippen LogP contribution >= 0.6 is 0 Å². The molecule has 2 atom stereocenters. The molecule has 0 aliphatic carbocycles. The Bertz CT molecular complexity index is 659. The van der Waals surface area contributed by atoms with Crippen molar-refractivity contribution >= 4 is 18.0 Å². The molecule has 1 amide bonds. The molecule has 2 rings (SSSR count). The monoisotopic (exact) mass is 339 g/mol. The summed E-state index contributed by atoms with van der Waals surface area (Å²) in [6.45, 7) is 1.77. The second-order valence-electron chi connectivity index (χ2n) is 5.22. The highest BCUT2D eigenvalue weighted by molar-refractivity contribution is 5.83. The number of phenolic OH excluding ortho intramolecular Hbond substituents is 2. The van der Waals surface area contributed by atoms with E-state index in [1.165, 1.54) is 18.2 Å². The summed E-state index contributed by atoms with van der Waals surface area (Å²) in [4.78, 5) is 35.4. The van der Waals surface area contributed by atoms with Crippen molar-refractivity contribution in [2.45, 2.75) is 38.6 Å². The predicted octanol–water partition coefficient (Wildman–Crippen LogP) is 1.17. The summed E-state index contributed by atoms with van der Waals surface area (Å²) in [5.74, 6) is -2.68. The molecule has 1 aromatic carbocycles. The van der Waals surface area contributed by atoms with Gasteiger partial charge in [-0.15, -0.1) is 0 Å². The number of aromatic hydroxyl groups is 2. The Morgan fingerprint density at radius 2 is 2.04 bits per heavy atom. The third-order valence-corrected chi connectivity index (χ3v) is 3.42. The predicted molar refractivity (Wildman–Crippen MR) is 78.0 cm³/mol. The molecule has 1 fully saturated rings. The molecule has 9 heteroatoms. The number of cyclic esters (lactones) is 1. The SMILES string of the molecule is CCCC(=O)OC1OC(=O)N1[C@@H](Cc1ccc(O)c(O)c1)C(=O)O. The number of nitrogens with zero attached hydrogens (tertiary/aromatic N) is 1. The number of carboxylic acid groups (broad SMARTS) is 1. The van der Waals surface area contributed by atoms with E-state index < -0.39 is 36.2 Å². The first-order valence-corrected chi connectivity index (χ1v) is 7.25. The topological polar surface area (TPSA) is 134 Å². The van der Waals surface area contributed by atoms with Crippen LogP contribution in [0.5, 0.6) is 11.5 Å². The van der Waals surface area contributed by atoms with Crippen LogP contribution in [0.1, 0.15) is 25.3 Å². The van der Waals surface area contributed by atoms with Gasteiger partial charge < -0.3 is 24.8 Å². The van der Waals surface area contributed by atoms with Gasteiger partial charge in [-0.25, -0.2) is 14.5 Å². The summed E-state index contributed by atoms with van der Waals surface area (Å²) in [5.41, 5.74) is 0.371. The standard InChI is InChI=1S/C15H17NO8/c1-2-3-12(19)23-15-16(14(22)24-15)9(13(20)21)6-8-4-5-10(17)11(18)7-8/h4-5,7,9,15,17-18H,2-3,6H2,1H3,(H,20,21)/t9-,15?/m0/s1. The first kappa shape index (κ1) is 17.4. The highest BCUT2D eigenvalue weighted by Crippen LogP contribution is 2.28. The number of amides is 1. The maximum absolute atomic E-state index is 11.6. The van der Waals surface area contributed by atoms with Crippen LogP contribution in [0.3, 0.4) is 0 Å². The summed E-state index contributed by atoms with van der Waals surface area (Å²) >= 11 is 0. The molecule has 1 saturated heterocycles. The van der Waals surface area contributed by atoms with E-state index in [4.69, 9.17) is 4.74 Å². The molecular weight excluding hydrogens is 322 g/mol. The Morgan fingerprint density at radius 3 is 2.58 bits per heavy atom. The van der Waals surface area contributed by atoms with Gasteiger partial charge in [-0.2, -0.15) is 0 Å². The van der Waals surface area contributed by atoms with Crippen molar-refractivity contribution in [2.24, 2.45) is 0 Å². The molecule has 0 radical (unpaired) electrons. The number of carbonyl (C=O) groups is 3. The van der Waals surface area contributed by atoms with Gasteiger partial charge in [-0.3, -0.25) is 4.79 Å². The van der Waals surface area contributed by atoms with E-state index in [2.05, 4.69) is 4.74 Å². The van der Waals surface area contributed by atoms with Gasteiger partial charge in [0.1, 0.15) is 6.04 Å². The van der Waals surface area contributed by atoms with Crippen molar-refractivity contribution in [1.82, 2.24) is 4.90 Å². The van der Waals surface area contributed by atoms with Crippen LogP contribution in [-0.4, -0.2) is 50.7 Å². The lowest BCUT2D eigenvalue weighted by molar-refractivity contribution is -0.249. The van der Waals surface area contributed by atoms with Crippen LogP contribution < -0.4 is 0 Å². The van der Waals surface area contributed by atoms with E-state index in [-0.39, 0.29) is 18.6 Å². The minimum absolute atomic E-state index is 0.117. The van der Waals surface area contributed by atoms with Crippen LogP contribution in [0.15, 0.2) is 18.2 Å². The third kappa shape index (κ3) is 3.67. The molecule has 24 heavy (non-hydrogen) atoms. The maximum Gasteiger partial charge on any atom is 0.420 e. The minimum Gasteiger partial charge on any atom is -0.504 e. The summed E-state index contributed by atoms with van der Waals surface area (Å²) < 4.78 is 9.58. The van der Waals surface area contributed by atoms with E-state index in [9.17, 15) is 29.7 Å². The summed E-state index contributed by atoms with van der Waals surface area (Å²) in [5, 5.41) is 28.1. The van der Waals surface area contributed by atoms with E-state index in [1.807, 2.05) is 0 Å². The first-order valence-electron chi connectivity index (χ1n) is 7.25. The molecule has 0 spiro atoms. The Morgan fingerprint density at radius 1 is 1.33 bits per heavy atom. The second kappa shape index (κ2) is 7.07. The lowest BCUT2D eigenvalue weighted by Gasteiger charge is -2.41. The fourth-order valence-corrected chi connectivity index (χ4v) is 2.20. The van der Waals surface area contributed by atoms with Crippen molar-refractivity contribution in [1.29, 1.82) is 0 Å². The summed E-state index contributed by atoms with van der Waals surface area (Å²) in [7, 11) is 0. The number of esters is 1. The fraction of sp³-hybridized carbons (Fsp3) is 0.400. The number of ether oxygens (including phenoxy) is 2. The van der Waals surface area contributed by atoms with E-state index >= 15 is 0 Å². The summed E-state index contributed by atoms with van der Waals surface area (Å²) in [6.07, 6.45) is -1.82. The molecule has 1 aliphatic rings. The van der Waals surface area contributed by atoms with Gasteiger partial charge in [0.2, 0.25) is 0 Å². The van der Waals surface area contributed by atoms with Gasteiger partial charge in [-0.05, 0) is 24.1 Å². The molecule has 0 aromatic heterocycles. The van der Waals surface area contributed by atoms with Crippen molar-refractivity contribution in [2.75, 3.05) is 0 Å². The lowest BCUT2D eigenvalue weighted by atomic mass is 10.0. The third-order valence-electron chi connectivity index (χ3n) is 3.42. The average molecular weight is 339 g/mol. The van der Waals surface area contributed by atoms with Gasteiger partial charge in [0.25, 0.3) is 0 Å². The molecule has 130 valence electrons. The number of carboxylic acids is 1. The minimum atomic E-state index is -1.39. The van der Waals surface area contributed by atoms with Crippen molar-refractivity contribution in [3.8, 4) is 11.5 Å². The lowest BCUT2D eigenvalue weighted by Crippen LogP contribution is -2.63. The zero-order valence-corrected chi connectivity index (χ0v) is 12.8. The zero-order valence-electron chi connectivity index (χ0n) is 12.8. The Labute approximate surface area is 137 Å². The average Bonchev–Trinajstić information content (AvgIpc) is 2.49. The Balaban J connectivity index is 2.13. The molecule has 1 unspecified atom stereocenters. The number of hydrogen-bond donors (Lipinski definition) is 3. The highest BCUT2D eigenvalue weighted by Gasteiger charge is 2.48. The maximum atomic E-state index is 11.6. The van der Waals surface area contributed by atoms with Crippen LogP contribution in [0.4, 0.5) is 4.79 Å². The molecule has 3 N–H and O–H groups in total. The van der Waals surface area contributed by atoms with Crippen molar-refractivity contribution < 1.29 is 39.2 Å². The van der Waals surface area contributed by atoms with Crippen LogP contribution in [0, 0.1) is 0 Å². The van der Waals surface area contributed by atoms with Gasteiger partial charge in [0.05, 0.1) is 0 Å². The Kier molecular flexibility index (Phi) is 5.12. The number of benzene rings is 1. The molecule has 1 aliphatic heterocycles.